The summed E-state index contributed by atoms with van der Waals surface area (Å²) in [5.41, 5.74) is 0.565. The van der Waals surface area contributed by atoms with E-state index < -0.39 is 11.6 Å². The molecule has 21 heavy (non-hydrogen) atoms. The molecule has 0 bridgehead atoms. The second kappa shape index (κ2) is 6.17. The smallest absolute Gasteiger partial charge is 0.236 e. The van der Waals surface area contributed by atoms with E-state index in [9.17, 15) is 14.0 Å². The first kappa shape index (κ1) is 15.4. The van der Waals surface area contributed by atoms with Crippen LogP contribution in [0.2, 0.25) is 0 Å². The van der Waals surface area contributed by atoms with Crippen molar-refractivity contribution in [3.63, 3.8) is 0 Å². The first-order valence-electron chi connectivity index (χ1n) is 6.14. The van der Waals surface area contributed by atoms with Crippen LogP contribution >= 0.6 is 15.9 Å². The molecular weight excluding hydrogens is 341 g/mol. The fraction of sp³-hybridized carbons (Fsp3) is 0.214. The Bertz CT molecular complexity index is 712. The van der Waals surface area contributed by atoms with Gasteiger partial charge in [-0.3, -0.25) is 14.3 Å². The topological polar surface area (TPSA) is 64.0 Å². The van der Waals surface area contributed by atoms with Crippen LogP contribution in [0.1, 0.15) is 21.6 Å². The van der Waals surface area contributed by atoms with Gasteiger partial charge < -0.3 is 5.32 Å². The third kappa shape index (κ3) is 3.02. The van der Waals surface area contributed by atoms with Gasteiger partial charge in [-0.05, 0) is 19.1 Å². The highest BCUT2D eigenvalue weighted by molar-refractivity contribution is 9.09. The molecule has 1 heterocycles. The molecule has 0 saturated heterocycles. The first-order valence-corrected chi connectivity index (χ1v) is 7.26. The standard InChI is InChI=1S/C14H13BrFN3O2/c1-8-12(13(21)9-5-3-4-6-10(9)16)14(19(2)18-8)17-11(20)7-15/h3-6H,7H2,1-2H3,(H,17,20). The third-order valence-corrected chi connectivity index (χ3v) is 3.46. The quantitative estimate of drug-likeness (QED) is 0.678. The minimum Gasteiger partial charge on any atom is -0.310 e. The van der Waals surface area contributed by atoms with Crippen molar-refractivity contribution in [2.24, 2.45) is 7.05 Å². The van der Waals surface area contributed by atoms with Gasteiger partial charge in [0, 0.05) is 7.05 Å². The summed E-state index contributed by atoms with van der Waals surface area (Å²) in [5.74, 6) is -1.18. The number of ketones is 1. The van der Waals surface area contributed by atoms with Crippen molar-refractivity contribution in [1.82, 2.24) is 9.78 Å². The Morgan fingerprint density at radius 2 is 2.05 bits per heavy atom. The molecule has 0 atom stereocenters. The molecule has 5 nitrogen and oxygen atoms in total. The number of carbonyl (C=O) groups is 2. The lowest BCUT2D eigenvalue weighted by Gasteiger charge is -2.07. The lowest BCUT2D eigenvalue weighted by molar-refractivity contribution is -0.113. The Morgan fingerprint density at radius 1 is 1.38 bits per heavy atom. The van der Waals surface area contributed by atoms with Crippen LogP contribution < -0.4 is 5.32 Å². The van der Waals surface area contributed by atoms with Crippen LogP contribution in [-0.2, 0) is 11.8 Å². The van der Waals surface area contributed by atoms with Gasteiger partial charge in [0.15, 0.2) is 0 Å². The molecule has 1 aromatic heterocycles. The third-order valence-electron chi connectivity index (χ3n) is 2.95. The number of halogens is 2. The number of hydrogen-bond acceptors (Lipinski definition) is 3. The van der Waals surface area contributed by atoms with Crippen LogP contribution in [0.25, 0.3) is 0 Å². The summed E-state index contributed by atoms with van der Waals surface area (Å²) >= 11 is 3.04. The number of carbonyl (C=O) groups excluding carboxylic acids is 2. The number of aromatic nitrogens is 2. The van der Waals surface area contributed by atoms with Crippen LogP contribution in [0, 0.1) is 12.7 Å². The summed E-state index contributed by atoms with van der Waals surface area (Å²) in [4.78, 5) is 24.1. The molecule has 1 aromatic carbocycles. The maximum Gasteiger partial charge on any atom is 0.236 e. The molecule has 110 valence electrons. The van der Waals surface area contributed by atoms with Crippen molar-refractivity contribution in [3.8, 4) is 0 Å². The van der Waals surface area contributed by atoms with Gasteiger partial charge in [-0.1, -0.05) is 28.1 Å². The Labute approximate surface area is 129 Å². The molecule has 2 aromatic rings. The highest BCUT2D eigenvalue weighted by Gasteiger charge is 2.24. The molecule has 0 aliphatic rings. The summed E-state index contributed by atoms with van der Waals surface area (Å²) < 4.78 is 15.2. The average Bonchev–Trinajstić information content (AvgIpc) is 2.73. The normalized spacial score (nSPS) is 10.5. The monoisotopic (exact) mass is 353 g/mol. The van der Waals surface area contributed by atoms with E-state index >= 15 is 0 Å². The lowest BCUT2D eigenvalue weighted by atomic mass is 10.0. The Hall–Kier alpha value is -2.02. The van der Waals surface area contributed by atoms with Crippen molar-refractivity contribution in [2.75, 3.05) is 10.6 Å². The number of benzene rings is 1. The molecule has 0 unspecified atom stereocenters. The summed E-state index contributed by atoms with van der Waals surface area (Å²) in [6, 6.07) is 5.71. The number of rotatable bonds is 4. The molecule has 2 rings (SSSR count). The predicted octanol–water partition coefficient (Wildman–Crippen LogP) is 2.43. The molecule has 0 radical (unpaired) electrons. The van der Waals surface area contributed by atoms with E-state index in [1.807, 2.05) is 0 Å². The van der Waals surface area contributed by atoms with Crippen molar-refractivity contribution in [3.05, 3.63) is 46.9 Å². The number of nitrogens with one attached hydrogen (secondary N) is 1. The fourth-order valence-electron chi connectivity index (χ4n) is 2.02. The zero-order valence-electron chi connectivity index (χ0n) is 11.5. The Balaban J connectivity index is 2.51. The second-order valence-corrected chi connectivity index (χ2v) is 4.98. The van der Waals surface area contributed by atoms with Crippen LogP contribution in [0.3, 0.4) is 0 Å². The van der Waals surface area contributed by atoms with E-state index in [0.717, 1.165) is 0 Å². The summed E-state index contributed by atoms with van der Waals surface area (Å²) in [5, 5.41) is 6.80. The number of nitrogens with zero attached hydrogens (tertiary/aromatic N) is 2. The maximum absolute atomic E-state index is 13.8. The largest absolute Gasteiger partial charge is 0.310 e. The van der Waals surface area contributed by atoms with Crippen LogP contribution in [0.4, 0.5) is 10.2 Å². The minimum atomic E-state index is -0.608. The van der Waals surface area contributed by atoms with Gasteiger partial charge in [0.2, 0.25) is 11.7 Å². The van der Waals surface area contributed by atoms with Gasteiger partial charge in [0.05, 0.1) is 22.2 Å². The van der Waals surface area contributed by atoms with Crippen molar-refractivity contribution in [1.29, 1.82) is 0 Å². The summed E-state index contributed by atoms with van der Waals surface area (Å²) in [7, 11) is 1.61. The van der Waals surface area contributed by atoms with Gasteiger partial charge in [-0.25, -0.2) is 4.39 Å². The van der Waals surface area contributed by atoms with Gasteiger partial charge >= 0.3 is 0 Å². The van der Waals surface area contributed by atoms with E-state index in [1.54, 1.807) is 20.0 Å². The minimum absolute atomic E-state index is 0.0528. The van der Waals surface area contributed by atoms with Crippen molar-refractivity contribution in [2.45, 2.75) is 6.92 Å². The Kier molecular flexibility index (Phi) is 4.52. The average molecular weight is 354 g/mol. The van der Waals surface area contributed by atoms with Crippen LogP contribution in [0.5, 0.6) is 0 Å². The second-order valence-electron chi connectivity index (χ2n) is 4.42. The molecule has 7 heteroatoms. The number of anilines is 1. The van der Waals surface area contributed by atoms with Gasteiger partial charge in [-0.15, -0.1) is 0 Å². The van der Waals surface area contributed by atoms with E-state index in [1.165, 1.54) is 22.9 Å². The first-order chi connectivity index (χ1) is 9.95. The molecule has 0 aliphatic heterocycles. The predicted molar refractivity (Wildman–Crippen MR) is 80.2 cm³/mol. The van der Waals surface area contributed by atoms with E-state index in [-0.39, 0.29) is 28.2 Å². The zero-order valence-corrected chi connectivity index (χ0v) is 13.1. The van der Waals surface area contributed by atoms with Crippen molar-refractivity contribution < 1.29 is 14.0 Å². The molecule has 0 aliphatic carbocycles. The molecule has 0 spiro atoms. The van der Waals surface area contributed by atoms with E-state index in [2.05, 4.69) is 26.3 Å². The highest BCUT2D eigenvalue weighted by Crippen LogP contribution is 2.23. The fourth-order valence-corrected chi connectivity index (χ4v) is 2.16. The molecule has 1 amide bonds. The number of alkyl halides is 1. The Morgan fingerprint density at radius 3 is 2.67 bits per heavy atom. The summed E-state index contributed by atoms with van der Waals surface area (Å²) in [6.45, 7) is 1.64. The van der Waals surface area contributed by atoms with Gasteiger partial charge in [0.25, 0.3) is 0 Å². The number of hydrogen-bond donors (Lipinski definition) is 1. The van der Waals surface area contributed by atoms with Crippen LogP contribution in [0.15, 0.2) is 24.3 Å². The zero-order chi connectivity index (χ0) is 15.6. The van der Waals surface area contributed by atoms with Crippen molar-refractivity contribution >= 4 is 33.4 Å². The SMILES string of the molecule is Cc1nn(C)c(NC(=O)CBr)c1C(=O)c1ccccc1F. The molecule has 0 saturated carbocycles. The van der Waals surface area contributed by atoms with Gasteiger partial charge in [0.1, 0.15) is 11.6 Å². The maximum atomic E-state index is 13.8. The molecular formula is C14H13BrFN3O2. The lowest BCUT2D eigenvalue weighted by Crippen LogP contribution is -2.18. The van der Waals surface area contributed by atoms with Gasteiger partial charge in [-0.2, -0.15) is 5.10 Å². The van der Waals surface area contributed by atoms with E-state index in [0.29, 0.717) is 5.69 Å². The number of amides is 1. The number of aryl methyl sites for hydroxylation is 2. The molecule has 0 fully saturated rings. The molecule has 1 N–H and O–H groups in total. The van der Waals surface area contributed by atoms with Crippen LogP contribution in [-0.4, -0.2) is 26.8 Å². The van der Waals surface area contributed by atoms with E-state index in [4.69, 9.17) is 0 Å². The highest BCUT2D eigenvalue weighted by atomic mass is 79.9. The summed E-state index contributed by atoms with van der Waals surface area (Å²) in [6.07, 6.45) is 0.